The van der Waals surface area contributed by atoms with Crippen molar-refractivity contribution in [2.24, 2.45) is 0 Å². The fourth-order valence-electron chi connectivity index (χ4n) is 4.23. The summed E-state index contributed by atoms with van der Waals surface area (Å²) >= 11 is 0. The molecule has 2 aromatic carbocycles. The zero-order valence-electron chi connectivity index (χ0n) is 19.3. The van der Waals surface area contributed by atoms with Gasteiger partial charge < -0.3 is 14.7 Å². The molecule has 0 aliphatic rings. The van der Waals surface area contributed by atoms with Gasteiger partial charge >= 0.3 is 0 Å². The molecule has 1 atom stereocenters. The van der Waals surface area contributed by atoms with Crippen LogP contribution in [0.4, 0.5) is 10.2 Å². The first kappa shape index (κ1) is 22.7. The number of rotatable bonds is 8. The normalized spacial score (nSPS) is 12.2. The summed E-state index contributed by atoms with van der Waals surface area (Å²) in [5, 5.41) is 24.1. The first-order valence-electron chi connectivity index (χ1n) is 11.0. The number of aliphatic hydroxyl groups is 1. The minimum atomic E-state index is -0.423. The Kier molecular flexibility index (Phi) is 6.55. The van der Waals surface area contributed by atoms with Gasteiger partial charge in [0, 0.05) is 19.7 Å². The molecule has 172 valence electrons. The van der Waals surface area contributed by atoms with Gasteiger partial charge in [-0.25, -0.2) is 9.07 Å². The van der Waals surface area contributed by atoms with E-state index in [1.165, 1.54) is 6.07 Å². The van der Waals surface area contributed by atoms with Crippen LogP contribution < -0.4 is 9.64 Å². The van der Waals surface area contributed by atoms with Crippen LogP contribution in [0.15, 0.2) is 48.5 Å². The van der Waals surface area contributed by atoms with Crippen molar-refractivity contribution in [1.29, 1.82) is 0 Å². The van der Waals surface area contributed by atoms with Gasteiger partial charge in [0.1, 0.15) is 17.0 Å². The van der Waals surface area contributed by atoms with E-state index in [2.05, 4.69) is 10.2 Å². The number of aryl methyl sites for hydroxylation is 2. The number of anilines is 1. The van der Waals surface area contributed by atoms with Gasteiger partial charge in [0.2, 0.25) is 0 Å². The smallest absolute Gasteiger partial charge is 0.180 e. The zero-order valence-corrected chi connectivity index (χ0v) is 19.3. The Labute approximate surface area is 192 Å². The quantitative estimate of drug-likeness (QED) is 0.426. The monoisotopic (exact) mass is 449 g/mol. The van der Waals surface area contributed by atoms with E-state index in [1.807, 2.05) is 63.1 Å². The van der Waals surface area contributed by atoms with E-state index in [1.54, 1.807) is 16.8 Å². The molecule has 0 saturated carbocycles. The maximum atomic E-state index is 15.0. The largest absolute Gasteiger partial charge is 0.494 e. The van der Waals surface area contributed by atoms with Crippen molar-refractivity contribution in [1.82, 2.24) is 20.0 Å². The van der Waals surface area contributed by atoms with Crippen molar-refractivity contribution >= 4 is 16.7 Å². The molecule has 8 heteroatoms. The van der Waals surface area contributed by atoms with Crippen LogP contribution >= 0.6 is 0 Å². The number of halogens is 1. The summed E-state index contributed by atoms with van der Waals surface area (Å²) in [4.78, 5) is 1.98. The predicted molar refractivity (Wildman–Crippen MR) is 127 cm³/mol. The maximum Gasteiger partial charge on any atom is 0.180 e. The van der Waals surface area contributed by atoms with Gasteiger partial charge in [-0.3, -0.25) is 0 Å². The van der Waals surface area contributed by atoms with Crippen LogP contribution in [0.5, 0.6) is 5.75 Å². The third-order valence-corrected chi connectivity index (χ3v) is 5.83. The highest BCUT2D eigenvalue weighted by atomic mass is 19.1. The van der Waals surface area contributed by atoms with Crippen LogP contribution in [0, 0.1) is 19.7 Å². The van der Waals surface area contributed by atoms with Crippen molar-refractivity contribution < 1.29 is 14.2 Å². The van der Waals surface area contributed by atoms with Crippen molar-refractivity contribution in [2.45, 2.75) is 33.2 Å². The molecule has 0 saturated heterocycles. The van der Waals surface area contributed by atoms with Crippen LogP contribution in [0.1, 0.15) is 36.3 Å². The Morgan fingerprint density at radius 3 is 2.55 bits per heavy atom. The molecule has 0 spiro atoms. The SMILES string of the molecule is CCOc1ccc(-n2nc3c(N(C)C(CCO)c4ccccc4)nnc(C)c3c2C)c(F)c1. The lowest BCUT2D eigenvalue weighted by atomic mass is 10.0. The highest BCUT2D eigenvalue weighted by Gasteiger charge is 2.25. The Bertz CT molecular complexity index is 1260. The molecule has 4 aromatic rings. The van der Waals surface area contributed by atoms with E-state index in [0.29, 0.717) is 35.8 Å². The molecule has 0 aliphatic heterocycles. The number of hydrogen-bond acceptors (Lipinski definition) is 6. The van der Waals surface area contributed by atoms with Gasteiger partial charge in [-0.1, -0.05) is 30.3 Å². The Morgan fingerprint density at radius 2 is 1.88 bits per heavy atom. The third kappa shape index (κ3) is 4.26. The summed E-state index contributed by atoms with van der Waals surface area (Å²) < 4.78 is 22.0. The van der Waals surface area contributed by atoms with Gasteiger partial charge in [0.25, 0.3) is 0 Å². The van der Waals surface area contributed by atoms with E-state index in [-0.39, 0.29) is 12.6 Å². The molecule has 2 aromatic heterocycles. The van der Waals surface area contributed by atoms with E-state index >= 15 is 0 Å². The van der Waals surface area contributed by atoms with E-state index < -0.39 is 5.82 Å². The van der Waals surface area contributed by atoms with E-state index in [4.69, 9.17) is 9.84 Å². The number of aromatic nitrogens is 4. The number of hydrogen-bond donors (Lipinski definition) is 1. The molecular formula is C25H28FN5O2. The van der Waals surface area contributed by atoms with E-state index in [9.17, 15) is 9.50 Å². The second-order valence-electron chi connectivity index (χ2n) is 7.93. The van der Waals surface area contributed by atoms with Crippen molar-refractivity contribution in [3.05, 3.63) is 71.3 Å². The lowest BCUT2D eigenvalue weighted by Gasteiger charge is -2.29. The predicted octanol–water partition coefficient (Wildman–Crippen LogP) is 4.53. The summed E-state index contributed by atoms with van der Waals surface area (Å²) in [6, 6.07) is 14.6. The first-order valence-corrected chi connectivity index (χ1v) is 11.0. The molecule has 0 aliphatic carbocycles. The minimum Gasteiger partial charge on any atom is -0.494 e. The second kappa shape index (κ2) is 9.54. The Morgan fingerprint density at radius 1 is 1.12 bits per heavy atom. The van der Waals surface area contributed by atoms with Crippen LogP contribution in [0.25, 0.3) is 16.6 Å². The molecule has 1 unspecified atom stereocenters. The lowest BCUT2D eigenvalue weighted by molar-refractivity contribution is 0.274. The van der Waals surface area contributed by atoms with Gasteiger partial charge in [-0.05, 0) is 44.9 Å². The summed E-state index contributed by atoms with van der Waals surface area (Å²) in [6.07, 6.45) is 0.519. The number of ether oxygens (including phenoxy) is 1. The maximum absolute atomic E-state index is 15.0. The summed E-state index contributed by atoms with van der Waals surface area (Å²) in [7, 11) is 1.91. The van der Waals surface area contributed by atoms with Crippen LogP contribution in [0.3, 0.4) is 0 Å². The van der Waals surface area contributed by atoms with Gasteiger partial charge in [-0.15, -0.1) is 5.10 Å². The summed E-state index contributed by atoms with van der Waals surface area (Å²) in [5.74, 6) is 0.627. The Hall–Kier alpha value is -3.52. The summed E-state index contributed by atoms with van der Waals surface area (Å²) in [5.41, 5.74) is 3.51. The van der Waals surface area contributed by atoms with E-state index in [0.717, 1.165) is 22.3 Å². The minimum absolute atomic E-state index is 0.0250. The average molecular weight is 450 g/mol. The van der Waals surface area contributed by atoms with Crippen LogP contribution in [-0.2, 0) is 0 Å². The third-order valence-electron chi connectivity index (χ3n) is 5.83. The highest BCUT2D eigenvalue weighted by molar-refractivity contribution is 5.92. The molecule has 7 nitrogen and oxygen atoms in total. The molecule has 0 fully saturated rings. The van der Waals surface area contributed by atoms with Gasteiger partial charge in [0.15, 0.2) is 11.6 Å². The lowest BCUT2D eigenvalue weighted by Crippen LogP contribution is -2.26. The molecule has 2 heterocycles. The topological polar surface area (TPSA) is 76.3 Å². The molecule has 0 radical (unpaired) electrons. The number of benzene rings is 2. The first-order chi connectivity index (χ1) is 16.0. The fourth-order valence-corrected chi connectivity index (χ4v) is 4.23. The van der Waals surface area contributed by atoms with Crippen LogP contribution in [0.2, 0.25) is 0 Å². The second-order valence-corrected chi connectivity index (χ2v) is 7.93. The average Bonchev–Trinajstić information content (AvgIpc) is 3.16. The van der Waals surface area contributed by atoms with Gasteiger partial charge in [-0.2, -0.15) is 10.2 Å². The molecule has 0 bridgehead atoms. The van der Waals surface area contributed by atoms with Crippen molar-refractivity contribution in [2.75, 3.05) is 25.2 Å². The molecule has 1 N–H and O–H groups in total. The number of aliphatic hydroxyl groups excluding tert-OH is 1. The molecule has 4 rings (SSSR count). The highest BCUT2D eigenvalue weighted by Crippen LogP contribution is 2.34. The van der Waals surface area contributed by atoms with Crippen molar-refractivity contribution in [3.8, 4) is 11.4 Å². The standard InChI is InChI=1S/C25H28FN5O2/c1-5-33-19-11-12-22(20(26)15-19)31-17(3)23-16(2)27-28-25(24(23)29-31)30(4)21(13-14-32)18-9-7-6-8-10-18/h6-12,15,21,32H,5,13-14H2,1-4H3. The number of fused-ring (bicyclic) bond motifs is 1. The molecule has 0 amide bonds. The molecule has 33 heavy (non-hydrogen) atoms. The fraction of sp³-hybridized carbons (Fsp3) is 0.320. The van der Waals surface area contributed by atoms with Crippen molar-refractivity contribution in [3.63, 3.8) is 0 Å². The van der Waals surface area contributed by atoms with Gasteiger partial charge in [0.05, 0.1) is 29.4 Å². The zero-order chi connectivity index (χ0) is 23.5. The molecular weight excluding hydrogens is 421 g/mol. The summed E-state index contributed by atoms with van der Waals surface area (Å²) in [6.45, 7) is 6.11. The van der Waals surface area contributed by atoms with Crippen LogP contribution in [-0.4, -0.2) is 45.3 Å². The number of nitrogens with zero attached hydrogens (tertiary/aromatic N) is 5. The Balaban J connectivity index is 1.84.